The zero-order chi connectivity index (χ0) is 17.5. The molecule has 0 amide bonds. The van der Waals surface area contributed by atoms with Gasteiger partial charge in [-0.15, -0.1) is 0 Å². The van der Waals surface area contributed by atoms with Crippen molar-refractivity contribution in [2.75, 3.05) is 0 Å². The standard InChI is InChI=1S/C14H8F6O2S/c15-13(16,17)9-4-6-11(7-5-9)23(21,22)12-3-1-2-10(8-12)14(18,19)20/h1-8H. The van der Waals surface area contributed by atoms with Crippen LogP contribution in [0.2, 0.25) is 0 Å². The average Bonchev–Trinajstić information content (AvgIpc) is 2.46. The van der Waals surface area contributed by atoms with Crippen molar-refractivity contribution in [3.05, 3.63) is 59.7 Å². The van der Waals surface area contributed by atoms with Crippen molar-refractivity contribution in [3.8, 4) is 0 Å². The van der Waals surface area contributed by atoms with E-state index in [-0.39, 0.29) is 0 Å². The number of rotatable bonds is 2. The van der Waals surface area contributed by atoms with Crippen LogP contribution in [-0.2, 0) is 22.2 Å². The molecule has 0 unspecified atom stereocenters. The highest BCUT2D eigenvalue weighted by molar-refractivity contribution is 7.91. The molecule has 0 atom stereocenters. The van der Waals surface area contributed by atoms with Crippen molar-refractivity contribution in [2.24, 2.45) is 0 Å². The van der Waals surface area contributed by atoms with Gasteiger partial charge in [-0.1, -0.05) is 6.07 Å². The summed E-state index contributed by atoms with van der Waals surface area (Å²) in [6.45, 7) is 0. The molecule has 0 heterocycles. The van der Waals surface area contributed by atoms with Gasteiger partial charge in [0, 0.05) is 0 Å². The Morgan fingerprint density at radius 2 is 1.17 bits per heavy atom. The van der Waals surface area contributed by atoms with Gasteiger partial charge in [0.25, 0.3) is 0 Å². The number of alkyl halides is 6. The summed E-state index contributed by atoms with van der Waals surface area (Å²) in [5.74, 6) is 0. The molecule has 2 nitrogen and oxygen atoms in total. The fourth-order valence-corrected chi connectivity index (χ4v) is 3.11. The summed E-state index contributed by atoms with van der Waals surface area (Å²) in [5, 5.41) is 0. The molecule has 0 saturated carbocycles. The Labute approximate surface area is 127 Å². The molecule has 0 aromatic heterocycles. The van der Waals surface area contributed by atoms with Gasteiger partial charge < -0.3 is 0 Å². The van der Waals surface area contributed by atoms with E-state index in [9.17, 15) is 34.8 Å². The molecule has 2 aromatic carbocycles. The lowest BCUT2D eigenvalue weighted by molar-refractivity contribution is -0.138. The molecule has 0 aliphatic rings. The van der Waals surface area contributed by atoms with Gasteiger partial charge in [-0.05, 0) is 42.5 Å². The van der Waals surface area contributed by atoms with E-state index >= 15 is 0 Å². The van der Waals surface area contributed by atoms with Crippen molar-refractivity contribution in [1.82, 2.24) is 0 Å². The Kier molecular flexibility index (Phi) is 4.18. The summed E-state index contributed by atoms with van der Waals surface area (Å²) in [6.07, 6.45) is -9.37. The van der Waals surface area contributed by atoms with E-state index in [1.807, 2.05) is 0 Å². The highest BCUT2D eigenvalue weighted by atomic mass is 32.2. The van der Waals surface area contributed by atoms with Crippen molar-refractivity contribution in [2.45, 2.75) is 22.1 Å². The van der Waals surface area contributed by atoms with Crippen LogP contribution in [0.25, 0.3) is 0 Å². The van der Waals surface area contributed by atoms with Gasteiger partial charge in [-0.3, -0.25) is 0 Å². The van der Waals surface area contributed by atoms with Crippen molar-refractivity contribution in [1.29, 1.82) is 0 Å². The maximum atomic E-state index is 12.6. The molecule has 124 valence electrons. The Morgan fingerprint density at radius 3 is 1.65 bits per heavy atom. The highest BCUT2D eigenvalue weighted by Gasteiger charge is 2.33. The molecule has 0 N–H and O–H groups in total. The van der Waals surface area contributed by atoms with Gasteiger partial charge in [0.15, 0.2) is 0 Å². The molecular weight excluding hydrogens is 346 g/mol. The van der Waals surface area contributed by atoms with Crippen molar-refractivity contribution >= 4 is 9.84 Å². The lowest BCUT2D eigenvalue weighted by atomic mass is 10.2. The molecule has 23 heavy (non-hydrogen) atoms. The summed E-state index contributed by atoms with van der Waals surface area (Å²) >= 11 is 0. The first-order valence-corrected chi connectivity index (χ1v) is 7.50. The predicted octanol–water partition coefficient (Wildman–Crippen LogP) is 4.56. The van der Waals surface area contributed by atoms with Crippen LogP contribution < -0.4 is 0 Å². The molecule has 0 aliphatic carbocycles. The summed E-state index contributed by atoms with van der Waals surface area (Å²) in [5.41, 5.74) is -2.22. The fourth-order valence-electron chi connectivity index (χ4n) is 1.80. The highest BCUT2D eigenvalue weighted by Crippen LogP contribution is 2.33. The monoisotopic (exact) mass is 354 g/mol. The third-order valence-corrected chi connectivity index (χ3v) is 4.73. The lowest BCUT2D eigenvalue weighted by Gasteiger charge is -2.11. The normalized spacial score (nSPS) is 13.1. The fraction of sp³-hybridized carbons (Fsp3) is 0.143. The van der Waals surface area contributed by atoms with E-state index in [4.69, 9.17) is 0 Å². The van der Waals surface area contributed by atoms with Crippen molar-refractivity contribution in [3.63, 3.8) is 0 Å². The number of benzene rings is 2. The number of hydrogen-bond donors (Lipinski definition) is 0. The zero-order valence-electron chi connectivity index (χ0n) is 11.1. The first kappa shape index (κ1) is 17.3. The predicted molar refractivity (Wildman–Crippen MR) is 68.3 cm³/mol. The molecule has 0 spiro atoms. The summed E-state index contributed by atoms with van der Waals surface area (Å²) < 4.78 is 99.7. The first-order valence-electron chi connectivity index (χ1n) is 6.02. The molecule has 9 heteroatoms. The third kappa shape index (κ3) is 3.66. The summed E-state index contributed by atoms with van der Waals surface area (Å²) in [7, 11) is -4.35. The van der Waals surface area contributed by atoms with Crippen LogP contribution in [0.5, 0.6) is 0 Å². The van der Waals surface area contributed by atoms with E-state index in [1.165, 1.54) is 0 Å². The second-order valence-electron chi connectivity index (χ2n) is 4.55. The maximum Gasteiger partial charge on any atom is 0.416 e. The van der Waals surface area contributed by atoms with E-state index in [0.29, 0.717) is 36.4 Å². The van der Waals surface area contributed by atoms with Gasteiger partial charge in [0.1, 0.15) is 0 Å². The molecular formula is C14H8F6O2S. The molecule has 2 aromatic rings. The number of hydrogen-bond acceptors (Lipinski definition) is 2. The Bertz CT molecular complexity index is 804. The van der Waals surface area contributed by atoms with Crippen LogP contribution in [0, 0.1) is 0 Å². The second kappa shape index (κ2) is 5.55. The number of sulfone groups is 1. The van der Waals surface area contributed by atoms with Gasteiger partial charge in [-0.2, -0.15) is 26.3 Å². The van der Waals surface area contributed by atoms with E-state index in [1.54, 1.807) is 0 Å². The molecule has 0 fully saturated rings. The Morgan fingerprint density at radius 1 is 0.652 bits per heavy atom. The average molecular weight is 354 g/mol. The smallest absolute Gasteiger partial charge is 0.219 e. The largest absolute Gasteiger partial charge is 0.416 e. The van der Waals surface area contributed by atoms with E-state index in [2.05, 4.69) is 0 Å². The molecule has 2 rings (SSSR count). The van der Waals surface area contributed by atoms with Gasteiger partial charge >= 0.3 is 12.4 Å². The Balaban J connectivity index is 2.47. The maximum absolute atomic E-state index is 12.6. The van der Waals surface area contributed by atoms with Crippen LogP contribution in [0.1, 0.15) is 11.1 Å². The molecule has 0 aliphatic heterocycles. The third-order valence-electron chi connectivity index (χ3n) is 2.96. The van der Waals surface area contributed by atoms with Crippen LogP contribution in [0.4, 0.5) is 26.3 Å². The molecule has 0 saturated heterocycles. The summed E-state index contributed by atoms with van der Waals surface area (Å²) in [6, 6.07) is 5.53. The minimum atomic E-state index is -4.73. The van der Waals surface area contributed by atoms with Crippen LogP contribution in [0.15, 0.2) is 58.3 Å². The molecule has 0 bridgehead atoms. The van der Waals surface area contributed by atoms with E-state index < -0.39 is 43.1 Å². The van der Waals surface area contributed by atoms with Crippen LogP contribution >= 0.6 is 0 Å². The second-order valence-corrected chi connectivity index (χ2v) is 6.50. The van der Waals surface area contributed by atoms with Crippen LogP contribution in [-0.4, -0.2) is 8.42 Å². The molecule has 0 radical (unpaired) electrons. The van der Waals surface area contributed by atoms with Gasteiger partial charge in [-0.25, -0.2) is 8.42 Å². The minimum Gasteiger partial charge on any atom is -0.219 e. The van der Waals surface area contributed by atoms with Gasteiger partial charge in [0.05, 0.1) is 20.9 Å². The quantitative estimate of drug-likeness (QED) is 0.741. The van der Waals surface area contributed by atoms with Crippen molar-refractivity contribution < 1.29 is 34.8 Å². The SMILES string of the molecule is O=S(=O)(c1ccc(C(F)(F)F)cc1)c1cccc(C(F)(F)F)c1. The van der Waals surface area contributed by atoms with Gasteiger partial charge in [0.2, 0.25) is 9.84 Å². The van der Waals surface area contributed by atoms with Crippen LogP contribution in [0.3, 0.4) is 0 Å². The zero-order valence-corrected chi connectivity index (χ0v) is 11.9. The Hall–Kier alpha value is -2.03. The first-order chi connectivity index (χ1) is 10.4. The topological polar surface area (TPSA) is 34.1 Å². The lowest BCUT2D eigenvalue weighted by Crippen LogP contribution is -2.09. The minimum absolute atomic E-state index is 0.438. The summed E-state index contributed by atoms with van der Waals surface area (Å²) in [4.78, 5) is -1.17. The van der Waals surface area contributed by atoms with E-state index in [0.717, 1.165) is 12.1 Å². The number of halogens is 6.